The maximum Gasteiger partial charge on any atom is 0.191 e. The van der Waals surface area contributed by atoms with Crippen LogP contribution in [0, 0.1) is 13.8 Å². The van der Waals surface area contributed by atoms with Crippen molar-refractivity contribution in [1.29, 1.82) is 0 Å². The topological polar surface area (TPSA) is 52.7 Å². The van der Waals surface area contributed by atoms with Crippen molar-refractivity contribution in [3.05, 3.63) is 59.2 Å². The molecule has 1 aliphatic rings. The van der Waals surface area contributed by atoms with Gasteiger partial charge in [-0.3, -0.25) is 4.79 Å². The summed E-state index contributed by atoms with van der Waals surface area (Å²) in [6.45, 7) is 4.04. The van der Waals surface area contributed by atoms with E-state index in [-0.39, 0.29) is 5.78 Å². The lowest BCUT2D eigenvalue weighted by Gasteiger charge is -2.09. The van der Waals surface area contributed by atoms with Crippen LogP contribution in [0.25, 0.3) is 5.69 Å². The van der Waals surface area contributed by atoms with Gasteiger partial charge in [-0.2, -0.15) is 0 Å². The van der Waals surface area contributed by atoms with Gasteiger partial charge in [-0.05, 0) is 44.9 Å². The smallest absolute Gasteiger partial charge is 0.191 e. The highest BCUT2D eigenvalue weighted by atomic mass is 32.2. The highest BCUT2D eigenvalue weighted by Crippen LogP contribution is 2.39. The van der Waals surface area contributed by atoms with Crippen molar-refractivity contribution < 1.29 is 4.79 Å². The molecule has 3 aromatic rings. The van der Waals surface area contributed by atoms with Gasteiger partial charge >= 0.3 is 0 Å². The standard InChI is InChI=1S/C20H22N4OS/c1-13-11-17(14(2)24(13)16-7-5-4-6-8-16)18(25)12-26-20-22-21-19(23(20)3)15-9-10-15/h4-8,11,15H,9-10,12H2,1-3H3. The molecule has 0 saturated heterocycles. The molecule has 26 heavy (non-hydrogen) atoms. The molecule has 1 fully saturated rings. The first-order chi connectivity index (χ1) is 12.6. The summed E-state index contributed by atoms with van der Waals surface area (Å²) in [5.41, 5.74) is 3.91. The molecule has 1 aromatic carbocycles. The molecule has 0 unspecified atom stereocenters. The second-order valence-electron chi connectivity index (χ2n) is 6.84. The second kappa shape index (κ2) is 6.76. The molecule has 0 aliphatic heterocycles. The molecular weight excluding hydrogens is 344 g/mol. The molecule has 5 nitrogen and oxygen atoms in total. The van der Waals surface area contributed by atoms with Crippen LogP contribution in [0.2, 0.25) is 0 Å². The van der Waals surface area contributed by atoms with Crippen molar-refractivity contribution in [3.63, 3.8) is 0 Å². The highest BCUT2D eigenvalue weighted by molar-refractivity contribution is 7.99. The first-order valence-electron chi connectivity index (χ1n) is 8.86. The summed E-state index contributed by atoms with van der Waals surface area (Å²) in [5.74, 6) is 2.10. The summed E-state index contributed by atoms with van der Waals surface area (Å²) in [6.07, 6.45) is 2.39. The minimum absolute atomic E-state index is 0.126. The molecule has 134 valence electrons. The van der Waals surface area contributed by atoms with Gasteiger partial charge in [-0.25, -0.2) is 0 Å². The van der Waals surface area contributed by atoms with Crippen LogP contribution in [0.3, 0.4) is 0 Å². The van der Waals surface area contributed by atoms with Gasteiger partial charge in [-0.1, -0.05) is 30.0 Å². The van der Waals surface area contributed by atoms with Gasteiger partial charge < -0.3 is 9.13 Å². The van der Waals surface area contributed by atoms with Gasteiger partial charge in [0.05, 0.1) is 5.75 Å². The largest absolute Gasteiger partial charge is 0.318 e. The fraction of sp³-hybridized carbons (Fsp3) is 0.350. The summed E-state index contributed by atoms with van der Waals surface area (Å²) in [5, 5.41) is 9.35. The molecule has 4 rings (SSSR count). The van der Waals surface area contributed by atoms with Gasteiger partial charge in [-0.15, -0.1) is 10.2 Å². The molecule has 1 aliphatic carbocycles. The quantitative estimate of drug-likeness (QED) is 0.487. The first-order valence-corrected chi connectivity index (χ1v) is 9.84. The van der Waals surface area contributed by atoms with Gasteiger partial charge in [0, 0.05) is 35.6 Å². The molecule has 0 bridgehead atoms. The van der Waals surface area contributed by atoms with E-state index < -0.39 is 0 Å². The average molecular weight is 366 g/mol. The van der Waals surface area contributed by atoms with Crippen LogP contribution in [0.15, 0.2) is 41.6 Å². The number of para-hydroxylation sites is 1. The third kappa shape index (κ3) is 3.09. The van der Waals surface area contributed by atoms with Crippen LogP contribution < -0.4 is 0 Å². The Morgan fingerprint density at radius 3 is 2.62 bits per heavy atom. The lowest BCUT2D eigenvalue weighted by atomic mass is 10.2. The van der Waals surface area contributed by atoms with Crippen molar-refractivity contribution in [3.8, 4) is 5.69 Å². The Hall–Kier alpha value is -2.34. The van der Waals surface area contributed by atoms with Crippen LogP contribution in [-0.2, 0) is 7.05 Å². The van der Waals surface area contributed by atoms with E-state index in [4.69, 9.17) is 0 Å². The van der Waals surface area contributed by atoms with Crippen LogP contribution in [0.1, 0.15) is 46.3 Å². The van der Waals surface area contributed by atoms with Crippen molar-refractivity contribution in [2.24, 2.45) is 7.05 Å². The summed E-state index contributed by atoms with van der Waals surface area (Å²) >= 11 is 1.47. The van der Waals surface area contributed by atoms with Gasteiger partial charge in [0.15, 0.2) is 10.9 Å². The van der Waals surface area contributed by atoms with E-state index in [0.717, 1.165) is 33.6 Å². The van der Waals surface area contributed by atoms with E-state index in [1.807, 2.05) is 49.7 Å². The number of benzene rings is 1. The van der Waals surface area contributed by atoms with E-state index in [1.165, 1.54) is 24.6 Å². The Morgan fingerprint density at radius 2 is 1.92 bits per heavy atom. The number of aryl methyl sites for hydroxylation is 1. The number of carbonyl (C=O) groups excluding carboxylic acids is 1. The molecule has 2 heterocycles. The Labute approximate surface area is 157 Å². The fourth-order valence-electron chi connectivity index (χ4n) is 3.38. The molecule has 1 saturated carbocycles. The Kier molecular flexibility index (Phi) is 4.44. The maximum absolute atomic E-state index is 12.8. The number of hydrogen-bond donors (Lipinski definition) is 0. The lowest BCUT2D eigenvalue weighted by Crippen LogP contribution is -2.06. The highest BCUT2D eigenvalue weighted by Gasteiger charge is 2.29. The zero-order chi connectivity index (χ0) is 18.3. The van der Waals surface area contributed by atoms with Gasteiger partial charge in [0.25, 0.3) is 0 Å². The predicted molar refractivity (Wildman–Crippen MR) is 103 cm³/mol. The lowest BCUT2D eigenvalue weighted by molar-refractivity contribution is 0.102. The number of thioether (sulfide) groups is 1. The zero-order valence-electron chi connectivity index (χ0n) is 15.3. The Balaban J connectivity index is 1.52. The van der Waals surface area contributed by atoms with Crippen LogP contribution in [0.4, 0.5) is 0 Å². The van der Waals surface area contributed by atoms with Crippen LogP contribution >= 0.6 is 11.8 Å². The fourth-order valence-corrected chi connectivity index (χ4v) is 4.18. The monoisotopic (exact) mass is 366 g/mol. The first kappa shape index (κ1) is 17.1. The molecule has 6 heteroatoms. The molecule has 0 atom stereocenters. The second-order valence-corrected chi connectivity index (χ2v) is 7.78. The Morgan fingerprint density at radius 1 is 1.19 bits per heavy atom. The SMILES string of the molecule is Cc1cc(C(=O)CSc2nnc(C3CC3)n2C)c(C)n1-c1ccccc1. The molecular formula is C20H22N4OS. The Bertz CT molecular complexity index is 954. The zero-order valence-corrected chi connectivity index (χ0v) is 16.1. The molecule has 0 radical (unpaired) electrons. The van der Waals surface area contributed by atoms with E-state index in [0.29, 0.717) is 11.7 Å². The summed E-state index contributed by atoms with van der Waals surface area (Å²) in [4.78, 5) is 12.8. The van der Waals surface area contributed by atoms with Crippen molar-refractivity contribution in [2.75, 3.05) is 5.75 Å². The molecule has 0 N–H and O–H groups in total. The number of ketones is 1. The summed E-state index contributed by atoms with van der Waals surface area (Å²) in [7, 11) is 1.99. The predicted octanol–water partition coefficient (Wildman–Crippen LogP) is 4.08. The number of carbonyl (C=O) groups is 1. The minimum atomic E-state index is 0.126. The summed E-state index contributed by atoms with van der Waals surface area (Å²) in [6, 6.07) is 12.1. The number of hydrogen-bond acceptors (Lipinski definition) is 4. The number of rotatable bonds is 6. The minimum Gasteiger partial charge on any atom is -0.318 e. The third-order valence-corrected chi connectivity index (χ3v) is 5.91. The van der Waals surface area contributed by atoms with E-state index >= 15 is 0 Å². The van der Waals surface area contributed by atoms with E-state index in [1.54, 1.807) is 0 Å². The van der Waals surface area contributed by atoms with Gasteiger partial charge in [0.2, 0.25) is 0 Å². The van der Waals surface area contributed by atoms with Crippen molar-refractivity contribution in [1.82, 2.24) is 19.3 Å². The molecule has 0 amide bonds. The molecule has 2 aromatic heterocycles. The normalized spacial score (nSPS) is 14.0. The maximum atomic E-state index is 12.8. The van der Waals surface area contributed by atoms with Crippen molar-refractivity contribution >= 4 is 17.5 Å². The summed E-state index contributed by atoms with van der Waals surface area (Å²) < 4.78 is 4.16. The molecule has 0 spiro atoms. The van der Waals surface area contributed by atoms with Crippen LogP contribution in [0.5, 0.6) is 0 Å². The van der Waals surface area contributed by atoms with Gasteiger partial charge in [0.1, 0.15) is 5.82 Å². The van der Waals surface area contributed by atoms with E-state index in [9.17, 15) is 4.79 Å². The third-order valence-electron chi connectivity index (χ3n) is 4.89. The van der Waals surface area contributed by atoms with Crippen molar-refractivity contribution in [2.45, 2.75) is 37.8 Å². The average Bonchev–Trinajstić information content (AvgIpc) is 3.35. The number of Topliss-reactive ketones (excluding diaryl/α,β-unsaturated/α-hetero) is 1. The van der Waals surface area contributed by atoms with Crippen LogP contribution in [-0.4, -0.2) is 30.9 Å². The number of nitrogens with zero attached hydrogens (tertiary/aromatic N) is 4. The van der Waals surface area contributed by atoms with E-state index in [2.05, 4.69) is 26.9 Å². The number of aromatic nitrogens is 4.